The van der Waals surface area contributed by atoms with Crippen molar-refractivity contribution in [1.82, 2.24) is 0 Å². The highest BCUT2D eigenvalue weighted by Crippen LogP contribution is 2.27. The minimum Gasteiger partial charge on any atom is -0.481 e. The number of esters is 1. The molecule has 1 rings (SSSR count). The van der Waals surface area contributed by atoms with Gasteiger partial charge >= 0.3 is 11.9 Å². The fraction of sp³-hybridized carbons (Fsp3) is 0.818. The zero-order chi connectivity index (χ0) is 11.3. The van der Waals surface area contributed by atoms with Gasteiger partial charge in [-0.2, -0.15) is 0 Å². The monoisotopic (exact) mass is 214 g/mol. The van der Waals surface area contributed by atoms with Crippen LogP contribution in [-0.4, -0.2) is 23.1 Å². The summed E-state index contributed by atoms with van der Waals surface area (Å²) >= 11 is 0. The topological polar surface area (TPSA) is 63.6 Å². The molecule has 0 aromatic rings. The van der Waals surface area contributed by atoms with Crippen LogP contribution >= 0.6 is 0 Å². The van der Waals surface area contributed by atoms with Crippen molar-refractivity contribution in [1.29, 1.82) is 0 Å². The first-order valence-electron chi connectivity index (χ1n) is 5.55. The zero-order valence-corrected chi connectivity index (χ0v) is 9.07. The van der Waals surface area contributed by atoms with Crippen LogP contribution in [0.5, 0.6) is 0 Å². The maximum atomic E-state index is 11.3. The summed E-state index contributed by atoms with van der Waals surface area (Å²) in [6, 6.07) is 0. The number of carboxylic acid groups (broad SMARTS) is 1. The fourth-order valence-corrected chi connectivity index (χ4v) is 1.90. The molecule has 0 saturated carbocycles. The summed E-state index contributed by atoms with van der Waals surface area (Å²) in [5.41, 5.74) is 0. The lowest BCUT2D eigenvalue weighted by atomic mass is 9.99. The van der Waals surface area contributed by atoms with Gasteiger partial charge in [-0.15, -0.1) is 0 Å². The molecule has 0 aromatic carbocycles. The van der Waals surface area contributed by atoms with Gasteiger partial charge in [-0.25, -0.2) is 0 Å². The number of carbonyl (C=O) groups is 2. The van der Waals surface area contributed by atoms with Crippen LogP contribution in [0.15, 0.2) is 0 Å². The summed E-state index contributed by atoms with van der Waals surface area (Å²) in [7, 11) is 0. The maximum Gasteiger partial charge on any atom is 0.309 e. The Morgan fingerprint density at radius 2 is 2.27 bits per heavy atom. The highest BCUT2D eigenvalue weighted by molar-refractivity contribution is 5.80. The normalized spacial score (nSPS) is 25.3. The van der Waals surface area contributed by atoms with E-state index in [1.807, 2.05) is 0 Å². The van der Waals surface area contributed by atoms with Crippen LogP contribution < -0.4 is 0 Å². The Hall–Kier alpha value is -1.06. The number of carbonyl (C=O) groups excluding carboxylic acids is 1. The summed E-state index contributed by atoms with van der Waals surface area (Å²) < 4.78 is 5.12. The van der Waals surface area contributed by atoms with Gasteiger partial charge in [-0.1, -0.05) is 19.8 Å². The molecule has 1 fully saturated rings. The Morgan fingerprint density at radius 1 is 1.53 bits per heavy atom. The first-order chi connectivity index (χ1) is 7.13. The molecule has 0 bridgehead atoms. The highest BCUT2D eigenvalue weighted by atomic mass is 16.6. The van der Waals surface area contributed by atoms with Gasteiger partial charge < -0.3 is 9.84 Å². The van der Waals surface area contributed by atoms with Gasteiger partial charge in [-0.3, -0.25) is 9.59 Å². The molecule has 4 nitrogen and oxygen atoms in total. The molecule has 1 heterocycles. The highest BCUT2D eigenvalue weighted by Gasteiger charge is 2.35. The Labute approximate surface area is 89.6 Å². The molecule has 1 aliphatic heterocycles. The van der Waals surface area contributed by atoms with E-state index in [2.05, 4.69) is 6.92 Å². The minimum absolute atomic E-state index is 0.0478. The van der Waals surface area contributed by atoms with E-state index in [1.165, 1.54) is 0 Å². The second kappa shape index (κ2) is 5.73. The summed E-state index contributed by atoms with van der Waals surface area (Å²) in [5.74, 6) is -1.68. The number of unbranched alkanes of at least 4 members (excludes halogenated alkanes) is 2. The van der Waals surface area contributed by atoms with Crippen LogP contribution in [0.3, 0.4) is 0 Å². The minimum atomic E-state index is -0.925. The first-order valence-corrected chi connectivity index (χ1v) is 5.55. The number of hydrogen-bond donors (Lipinski definition) is 1. The number of carboxylic acids is 1. The standard InChI is InChI=1S/C11H18O4/c1-2-3-4-5-9-6-8(7-10(12)13)11(14)15-9/h8-9H,2-7H2,1H3,(H,12,13)/t8-,9+/m0/s1. The third-order valence-corrected chi connectivity index (χ3v) is 2.71. The van der Waals surface area contributed by atoms with E-state index in [0.717, 1.165) is 25.7 Å². The van der Waals surface area contributed by atoms with Crippen molar-refractivity contribution >= 4 is 11.9 Å². The number of ether oxygens (including phenoxy) is 1. The van der Waals surface area contributed by atoms with Gasteiger partial charge in [0.1, 0.15) is 6.10 Å². The van der Waals surface area contributed by atoms with Crippen LogP contribution in [0, 0.1) is 5.92 Å². The molecule has 0 radical (unpaired) electrons. The number of aliphatic carboxylic acids is 1. The van der Waals surface area contributed by atoms with Gasteiger partial charge in [-0.05, 0) is 19.3 Å². The average Bonchev–Trinajstić information content (AvgIpc) is 2.47. The van der Waals surface area contributed by atoms with Gasteiger partial charge in [0.2, 0.25) is 0 Å². The van der Waals surface area contributed by atoms with Crippen molar-refractivity contribution in [3.05, 3.63) is 0 Å². The second-order valence-corrected chi connectivity index (χ2v) is 4.09. The predicted octanol–water partition coefficient (Wildman–Crippen LogP) is 1.97. The van der Waals surface area contributed by atoms with E-state index in [-0.39, 0.29) is 18.5 Å². The van der Waals surface area contributed by atoms with E-state index in [1.54, 1.807) is 0 Å². The summed E-state index contributed by atoms with van der Waals surface area (Å²) in [6.45, 7) is 2.12. The lowest BCUT2D eigenvalue weighted by Gasteiger charge is -2.07. The Balaban J connectivity index is 2.28. The third-order valence-electron chi connectivity index (χ3n) is 2.71. The van der Waals surface area contributed by atoms with E-state index in [0.29, 0.717) is 6.42 Å². The van der Waals surface area contributed by atoms with Crippen molar-refractivity contribution in [3.8, 4) is 0 Å². The van der Waals surface area contributed by atoms with E-state index in [4.69, 9.17) is 9.84 Å². The van der Waals surface area contributed by atoms with Gasteiger partial charge in [0, 0.05) is 0 Å². The molecule has 4 heteroatoms. The molecule has 0 aliphatic carbocycles. The van der Waals surface area contributed by atoms with Gasteiger partial charge in [0.05, 0.1) is 12.3 Å². The molecular formula is C11H18O4. The van der Waals surface area contributed by atoms with E-state index in [9.17, 15) is 9.59 Å². The molecule has 86 valence electrons. The van der Waals surface area contributed by atoms with Gasteiger partial charge in [0.15, 0.2) is 0 Å². The third kappa shape index (κ3) is 3.90. The molecule has 1 saturated heterocycles. The van der Waals surface area contributed by atoms with Crippen molar-refractivity contribution in [2.24, 2.45) is 5.92 Å². The number of rotatable bonds is 6. The first kappa shape index (κ1) is 12.0. The van der Waals surface area contributed by atoms with Crippen molar-refractivity contribution < 1.29 is 19.4 Å². The maximum absolute atomic E-state index is 11.3. The molecule has 0 aromatic heterocycles. The lowest BCUT2D eigenvalue weighted by molar-refractivity contribution is -0.148. The summed E-state index contributed by atoms with van der Waals surface area (Å²) in [4.78, 5) is 21.7. The molecule has 0 amide bonds. The summed E-state index contributed by atoms with van der Waals surface area (Å²) in [6.07, 6.45) is 4.63. The Kier molecular flexibility index (Phi) is 4.59. The van der Waals surface area contributed by atoms with E-state index < -0.39 is 11.9 Å². The zero-order valence-electron chi connectivity index (χ0n) is 9.07. The Morgan fingerprint density at radius 3 is 2.87 bits per heavy atom. The van der Waals surface area contributed by atoms with Gasteiger partial charge in [0.25, 0.3) is 0 Å². The molecular weight excluding hydrogens is 196 g/mol. The largest absolute Gasteiger partial charge is 0.481 e. The molecule has 15 heavy (non-hydrogen) atoms. The van der Waals surface area contributed by atoms with Crippen LogP contribution in [0.25, 0.3) is 0 Å². The second-order valence-electron chi connectivity index (χ2n) is 4.09. The molecule has 0 unspecified atom stereocenters. The van der Waals surface area contributed by atoms with Crippen molar-refractivity contribution in [2.75, 3.05) is 0 Å². The van der Waals surface area contributed by atoms with Crippen LogP contribution in [0.2, 0.25) is 0 Å². The number of hydrogen-bond acceptors (Lipinski definition) is 3. The van der Waals surface area contributed by atoms with Crippen LogP contribution in [0.1, 0.15) is 45.4 Å². The molecule has 2 atom stereocenters. The smallest absolute Gasteiger partial charge is 0.309 e. The van der Waals surface area contributed by atoms with Crippen molar-refractivity contribution in [2.45, 2.75) is 51.6 Å². The van der Waals surface area contributed by atoms with Crippen molar-refractivity contribution in [3.63, 3.8) is 0 Å². The Bertz CT molecular complexity index is 237. The fourth-order valence-electron chi connectivity index (χ4n) is 1.90. The SMILES string of the molecule is CCCCC[C@@H]1C[C@@H](CC(=O)O)C(=O)O1. The molecule has 0 spiro atoms. The van der Waals surface area contributed by atoms with Crippen LogP contribution in [0.4, 0.5) is 0 Å². The van der Waals surface area contributed by atoms with Crippen LogP contribution in [-0.2, 0) is 14.3 Å². The molecule has 1 aliphatic rings. The summed E-state index contributed by atoms with van der Waals surface area (Å²) in [5, 5.41) is 8.58. The quantitative estimate of drug-likeness (QED) is 0.542. The molecule has 1 N–H and O–H groups in total. The van der Waals surface area contributed by atoms with E-state index >= 15 is 0 Å². The lowest BCUT2D eigenvalue weighted by Crippen LogP contribution is -2.12. The predicted molar refractivity (Wildman–Crippen MR) is 54.4 cm³/mol. The number of cyclic esters (lactones) is 1. The average molecular weight is 214 g/mol.